The number of aliphatic hydroxyl groups excluding tert-OH is 1. The Balaban J connectivity index is 0.00000289. The Morgan fingerprint density at radius 3 is 1.75 bits per heavy atom. The van der Waals surface area contributed by atoms with Crippen molar-refractivity contribution in [1.29, 1.82) is 0 Å². The molecule has 0 atom stereocenters. The van der Waals surface area contributed by atoms with E-state index in [1.807, 2.05) is 0 Å². The second-order valence-corrected chi connectivity index (χ2v) is 8.33. The lowest BCUT2D eigenvalue weighted by Crippen LogP contribution is -3.00. The zero-order chi connectivity index (χ0) is 22.0. The van der Waals surface area contributed by atoms with Gasteiger partial charge in [-0.05, 0) is 41.7 Å². The van der Waals surface area contributed by atoms with Gasteiger partial charge in [0.05, 0.1) is 6.61 Å². The van der Waals surface area contributed by atoms with Crippen LogP contribution in [0.1, 0.15) is 45.1 Å². The highest BCUT2D eigenvalue weighted by molar-refractivity contribution is 5.54. The Morgan fingerprint density at radius 2 is 1.28 bits per heavy atom. The molecule has 0 bridgehead atoms. The van der Waals surface area contributed by atoms with Gasteiger partial charge in [-0.2, -0.15) is 4.57 Å². The van der Waals surface area contributed by atoms with Crippen molar-refractivity contribution in [3.63, 3.8) is 0 Å². The van der Waals surface area contributed by atoms with E-state index in [1.165, 1.54) is 44.9 Å². The number of hydrogen-bond acceptors (Lipinski definition) is 1. The van der Waals surface area contributed by atoms with Crippen LogP contribution in [0.4, 0.5) is 0 Å². The smallest absolute Gasteiger partial charge is 0.249 e. The molecule has 1 N–H and O–H groups in total. The van der Waals surface area contributed by atoms with Crippen molar-refractivity contribution in [2.45, 2.75) is 40.2 Å². The monoisotopic (exact) mass is 490 g/mol. The largest absolute Gasteiger partial charge is 1.00 e. The zero-order valence-electron chi connectivity index (χ0n) is 19.2. The number of aryl methyl sites for hydroxylation is 2. The van der Waals surface area contributed by atoms with Crippen molar-refractivity contribution < 1.29 is 26.7 Å². The Labute approximate surface area is 201 Å². The fourth-order valence-electron chi connectivity index (χ4n) is 4.66. The molecule has 3 nitrogen and oxygen atoms in total. The topological polar surface area (TPSA) is 29.0 Å². The third-order valence-electron chi connectivity index (χ3n) is 6.26. The summed E-state index contributed by atoms with van der Waals surface area (Å²) in [6.07, 6.45) is 2.11. The summed E-state index contributed by atoms with van der Waals surface area (Å²) < 4.78 is 4.39. The summed E-state index contributed by atoms with van der Waals surface area (Å²) in [7, 11) is 0. The number of aromatic nitrogens is 2. The third-order valence-corrected chi connectivity index (χ3v) is 6.26. The number of halogens is 1. The SMILES string of the molecule is Cc1cc(C(c2ccccc2)c2ccccc2)cc(C)c1-n1c[n+](CCO)c(C)c1C.[Br-]. The van der Waals surface area contributed by atoms with Gasteiger partial charge in [0.15, 0.2) is 0 Å². The fourth-order valence-corrected chi connectivity index (χ4v) is 4.66. The lowest BCUT2D eigenvalue weighted by atomic mass is 9.83. The molecule has 4 heteroatoms. The highest BCUT2D eigenvalue weighted by Crippen LogP contribution is 2.35. The molecule has 3 aromatic carbocycles. The van der Waals surface area contributed by atoms with Crippen LogP contribution >= 0.6 is 0 Å². The maximum absolute atomic E-state index is 9.41. The molecular formula is C28H31BrN2O. The highest BCUT2D eigenvalue weighted by atomic mass is 79.9. The van der Waals surface area contributed by atoms with Crippen LogP contribution in [0.5, 0.6) is 0 Å². The van der Waals surface area contributed by atoms with Gasteiger partial charge < -0.3 is 22.1 Å². The lowest BCUT2D eigenvalue weighted by Gasteiger charge is -2.21. The van der Waals surface area contributed by atoms with E-state index in [2.05, 4.69) is 116 Å². The lowest BCUT2D eigenvalue weighted by molar-refractivity contribution is -0.703. The first-order chi connectivity index (χ1) is 15.0. The normalized spacial score (nSPS) is 10.9. The molecule has 0 radical (unpaired) electrons. The highest BCUT2D eigenvalue weighted by Gasteiger charge is 2.23. The van der Waals surface area contributed by atoms with Gasteiger partial charge in [0.2, 0.25) is 6.33 Å². The number of hydrogen-bond donors (Lipinski definition) is 1. The van der Waals surface area contributed by atoms with Crippen molar-refractivity contribution in [1.82, 2.24) is 4.57 Å². The molecule has 4 rings (SSSR count). The summed E-state index contributed by atoms with van der Waals surface area (Å²) in [5.74, 6) is 0.195. The van der Waals surface area contributed by atoms with E-state index in [0.29, 0.717) is 6.54 Å². The van der Waals surface area contributed by atoms with Crippen LogP contribution in [0.2, 0.25) is 0 Å². The molecule has 0 aliphatic rings. The summed E-state index contributed by atoms with van der Waals surface area (Å²) >= 11 is 0. The molecule has 0 saturated heterocycles. The van der Waals surface area contributed by atoms with E-state index in [9.17, 15) is 5.11 Å². The molecule has 0 aliphatic heterocycles. The maximum Gasteiger partial charge on any atom is 0.249 e. The predicted octanol–water partition coefficient (Wildman–Crippen LogP) is 2.17. The minimum Gasteiger partial charge on any atom is -1.00 e. The van der Waals surface area contributed by atoms with E-state index < -0.39 is 0 Å². The summed E-state index contributed by atoms with van der Waals surface area (Å²) in [4.78, 5) is 0. The van der Waals surface area contributed by atoms with E-state index in [1.54, 1.807) is 0 Å². The van der Waals surface area contributed by atoms with E-state index in [4.69, 9.17) is 0 Å². The minimum atomic E-state index is 0. The fraction of sp³-hybridized carbons (Fsp3) is 0.250. The first kappa shape index (κ1) is 24.0. The van der Waals surface area contributed by atoms with E-state index in [0.717, 1.165) is 0 Å². The Hall–Kier alpha value is -2.69. The molecular weight excluding hydrogens is 460 g/mol. The van der Waals surface area contributed by atoms with Crippen LogP contribution in [-0.2, 0) is 6.54 Å². The van der Waals surface area contributed by atoms with Crippen molar-refractivity contribution in [3.05, 3.63) is 118 Å². The van der Waals surface area contributed by atoms with Crippen LogP contribution in [0, 0.1) is 27.7 Å². The summed E-state index contributed by atoms with van der Waals surface area (Å²) in [5.41, 5.74) is 10.0. The van der Waals surface area contributed by atoms with Gasteiger partial charge in [-0.15, -0.1) is 0 Å². The van der Waals surface area contributed by atoms with Crippen LogP contribution in [0.3, 0.4) is 0 Å². The van der Waals surface area contributed by atoms with Crippen molar-refractivity contribution in [2.75, 3.05) is 6.61 Å². The Bertz CT molecular complexity index is 1120. The van der Waals surface area contributed by atoms with Gasteiger partial charge in [-0.1, -0.05) is 72.8 Å². The van der Waals surface area contributed by atoms with Gasteiger partial charge in [-0.3, -0.25) is 0 Å². The molecule has 4 aromatic rings. The number of nitrogens with zero attached hydrogens (tertiary/aromatic N) is 2. The summed E-state index contributed by atoms with van der Waals surface area (Å²) in [6, 6.07) is 26.1. The second-order valence-electron chi connectivity index (χ2n) is 8.33. The zero-order valence-corrected chi connectivity index (χ0v) is 20.8. The van der Waals surface area contributed by atoms with Crippen molar-refractivity contribution in [3.8, 4) is 5.69 Å². The molecule has 1 aromatic heterocycles. The molecule has 0 spiro atoms. The summed E-state index contributed by atoms with van der Waals surface area (Å²) in [6.45, 7) is 9.41. The van der Waals surface area contributed by atoms with Crippen molar-refractivity contribution >= 4 is 0 Å². The quantitative estimate of drug-likeness (QED) is 0.325. The number of benzene rings is 3. The van der Waals surface area contributed by atoms with Crippen LogP contribution in [-0.4, -0.2) is 16.3 Å². The van der Waals surface area contributed by atoms with Gasteiger partial charge in [0.1, 0.15) is 23.6 Å². The number of aliphatic hydroxyl groups is 1. The molecule has 166 valence electrons. The minimum absolute atomic E-state index is 0. The summed E-state index contributed by atoms with van der Waals surface area (Å²) in [5, 5.41) is 9.41. The Kier molecular flexibility index (Phi) is 7.70. The average molecular weight is 491 g/mol. The van der Waals surface area contributed by atoms with E-state index >= 15 is 0 Å². The second kappa shape index (κ2) is 10.3. The number of rotatable bonds is 6. The van der Waals surface area contributed by atoms with E-state index in [-0.39, 0.29) is 29.5 Å². The molecule has 0 fully saturated rings. The van der Waals surface area contributed by atoms with Crippen molar-refractivity contribution in [2.24, 2.45) is 0 Å². The van der Waals surface area contributed by atoms with Gasteiger partial charge in [0, 0.05) is 19.8 Å². The molecule has 0 saturated carbocycles. The average Bonchev–Trinajstić information content (AvgIpc) is 3.04. The van der Waals surface area contributed by atoms with Crippen LogP contribution < -0.4 is 21.5 Å². The van der Waals surface area contributed by atoms with Gasteiger partial charge in [-0.25, -0.2) is 4.57 Å². The molecule has 0 aliphatic carbocycles. The third kappa shape index (κ3) is 4.57. The Morgan fingerprint density at radius 1 is 0.781 bits per heavy atom. The molecule has 32 heavy (non-hydrogen) atoms. The molecule has 0 unspecified atom stereocenters. The number of imidazole rings is 1. The maximum atomic E-state index is 9.41. The molecule has 1 heterocycles. The standard InChI is InChI=1S/C28H31N2O.BrH/c1-20-17-26(27(24-11-7-5-8-12-24)25-13-9-6-10-14-25)18-21(2)28(20)30-19-29(15-16-31)22(3)23(30)4;/h5-14,17-19,27,31H,15-16H2,1-4H3;1H/q+1;/p-1. The first-order valence-electron chi connectivity index (χ1n) is 10.9. The van der Waals surface area contributed by atoms with Crippen LogP contribution in [0.15, 0.2) is 79.1 Å². The first-order valence-corrected chi connectivity index (χ1v) is 10.9. The van der Waals surface area contributed by atoms with Gasteiger partial charge >= 0.3 is 0 Å². The van der Waals surface area contributed by atoms with Crippen LogP contribution in [0.25, 0.3) is 5.69 Å². The predicted molar refractivity (Wildman–Crippen MR) is 126 cm³/mol. The molecule has 0 amide bonds. The van der Waals surface area contributed by atoms with Gasteiger partial charge in [0.25, 0.3) is 0 Å².